The Morgan fingerprint density at radius 2 is 2.00 bits per heavy atom. The van der Waals surface area contributed by atoms with Gasteiger partial charge in [-0.2, -0.15) is 0 Å². The molecule has 1 N–H and O–H groups in total. The highest BCUT2D eigenvalue weighted by molar-refractivity contribution is 7.17. The smallest absolute Gasteiger partial charge is 0.0345 e. The Bertz CT molecular complexity index is 487. The Morgan fingerprint density at radius 3 is 2.72 bits per heavy atom. The number of hydrogen-bond donors (Lipinski definition) is 1. The molecule has 0 amide bonds. The van der Waals surface area contributed by atoms with E-state index in [0.29, 0.717) is 6.04 Å². The molecule has 1 unspecified atom stereocenters. The van der Waals surface area contributed by atoms with Crippen molar-refractivity contribution in [1.29, 1.82) is 0 Å². The van der Waals surface area contributed by atoms with Gasteiger partial charge in [0, 0.05) is 10.7 Å². The van der Waals surface area contributed by atoms with E-state index in [4.69, 9.17) is 0 Å². The average Bonchev–Trinajstić information content (AvgIpc) is 2.77. The van der Waals surface area contributed by atoms with E-state index >= 15 is 0 Å². The summed E-state index contributed by atoms with van der Waals surface area (Å²) in [4.78, 5) is 0. The van der Waals surface area contributed by atoms with Gasteiger partial charge in [-0.15, -0.1) is 11.3 Å². The molecule has 1 atom stereocenters. The topological polar surface area (TPSA) is 12.0 Å². The van der Waals surface area contributed by atoms with Gasteiger partial charge in [0.05, 0.1) is 0 Å². The monoisotopic (exact) mass is 261 g/mol. The normalized spacial score (nSPS) is 13.3. The summed E-state index contributed by atoms with van der Waals surface area (Å²) in [6, 6.07) is 9.32. The van der Waals surface area contributed by atoms with Gasteiger partial charge in [0.15, 0.2) is 0 Å². The van der Waals surface area contributed by atoms with Crippen LogP contribution in [0.1, 0.15) is 32.8 Å². The molecule has 0 saturated heterocycles. The van der Waals surface area contributed by atoms with Crippen molar-refractivity contribution in [2.75, 3.05) is 6.54 Å². The second-order valence-corrected chi connectivity index (χ2v) is 6.21. The third-order valence-corrected chi connectivity index (χ3v) is 4.47. The van der Waals surface area contributed by atoms with Crippen molar-refractivity contribution in [1.82, 2.24) is 5.32 Å². The molecule has 0 saturated carbocycles. The molecule has 0 radical (unpaired) electrons. The zero-order valence-corrected chi connectivity index (χ0v) is 12.4. The van der Waals surface area contributed by atoms with Crippen LogP contribution in [0.2, 0.25) is 0 Å². The zero-order valence-electron chi connectivity index (χ0n) is 11.6. The van der Waals surface area contributed by atoms with Crippen LogP contribution in [-0.4, -0.2) is 12.6 Å². The minimum absolute atomic E-state index is 0.582. The maximum absolute atomic E-state index is 3.56. The maximum Gasteiger partial charge on any atom is 0.0345 e. The Morgan fingerprint density at radius 1 is 1.22 bits per heavy atom. The fraction of sp³-hybridized carbons (Fsp3) is 0.500. The van der Waals surface area contributed by atoms with Crippen LogP contribution < -0.4 is 5.32 Å². The Labute approximate surface area is 114 Å². The third-order valence-electron chi connectivity index (χ3n) is 3.46. The molecule has 1 nitrogen and oxygen atoms in total. The number of nitrogens with one attached hydrogen (secondary N) is 1. The number of thiophene rings is 1. The molecule has 2 aromatic rings. The van der Waals surface area contributed by atoms with Gasteiger partial charge in [-0.25, -0.2) is 0 Å². The SMILES string of the molecule is CCC(CNC(C)C)Cc1csc2ccccc12. The Kier molecular flexibility index (Phi) is 4.79. The fourth-order valence-corrected chi connectivity index (χ4v) is 3.24. The summed E-state index contributed by atoms with van der Waals surface area (Å²) in [5, 5.41) is 7.35. The minimum Gasteiger partial charge on any atom is -0.314 e. The van der Waals surface area contributed by atoms with Crippen LogP contribution in [0.5, 0.6) is 0 Å². The lowest BCUT2D eigenvalue weighted by Gasteiger charge is -2.17. The van der Waals surface area contributed by atoms with E-state index in [-0.39, 0.29) is 0 Å². The van der Waals surface area contributed by atoms with Gasteiger partial charge >= 0.3 is 0 Å². The molecule has 18 heavy (non-hydrogen) atoms. The molecule has 98 valence electrons. The van der Waals surface area contributed by atoms with Crippen molar-refractivity contribution < 1.29 is 0 Å². The van der Waals surface area contributed by atoms with Crippen molar-refractivity contribution in [3.63, 3.8) is 0 Å². The molecule has 0 fully saturated rings. The molecule has 0 aliphatic heterocycles. The first-order valence-corrected chi connectivity index (χ1v) is 7.77. The predicted octanol–water partition coefficient (Wildman–Crippen LogP) is 4.47. The first-order valence-electron chi connectivity index (χ1n) is 6.89. The van der Waals surface area contributed by atoms with E-state index in [1.807, 2.05) is 11.3 Å². The van der Waals surface area contributed by atoms with E-state index in [2.05, 4.69) is 55.7 Å². The zero-order chi connectivity index (χ0) is 13.0. The fourth-order valence-electron chi connectivity index (χ4n) is 2.27. The van der Waals surface area contributed by atoms with Crippen molar-refractivity contribution in [3.05, 3.63) is 35.2 Å². The number of benzene rings is 1. The van der Waals surface area contributed by atoms with Crippen molar-refractivity contribution in [2.24, 2.45) is 5.92 Å². The highest BCUT2D eigenvalue weighted by Crippen LogP contribution is 2.28. The van der Waals surface area contributed by atoms with E-state index < -0.39 is 0 Å². The van der Waals surface area contributed by atoms with Gasteiger partial charge in [-0.3, -0.25) is 0 Å². The molecule has 0 spiro atoms. The molecule has 1 aromatic carbocycles. The molecule has 0 bridgehead atoms. The highest BCUT2D eigenvalue weighted by Gasteiger charge is 2.11. The first kappa shape index (κ1) is 13.6. The third kappa shape index (κ3) is 3.33. The molecule has 2 rings (SSSR count). The van der Waals surface area contributed by atoms with E-state index in [0.717, 1.165) is 12.5 Å². The average molecular weight is 261 g/mol. The van der Waals surface area contributed by atoms with Crippen molar-refractivity contribution in [2.45, 2.75) is 39.7 Å². The number of rotatable bonds is 6. The lowest BCUT2D eigenvalue weighted by Crippen LogP contribution is -2.29. The van der Waals surface area contributed by atoms with E-state index in [1.165, 1.54) is 28.5 Å². The quantitative estimate of drug-likeness (QED) is 0.809. The molecule has 0 aliphatic rings. The molecular weight excluding hydrogens is 238 g/mol. The standard InChI is InChI=1S/C16H23NS/c1-4-13(10-17-12(2)3)9-14-11-18-16-8-6-5-7-15(14)16/h5-8,11-13,17H,4,9-10H2,1-3H3. The Balaban J connectivity index is 2.07. The van der Waals surface area contributed by atoms with Gasteiger partial charge in [-0.1, -0.05) is 45.4 Å². The Hall–Kier alpha value is -0.860. The van der Waals surface area contributed by atoms with Crippen LogP contribution >= 0.6 is 11.3 Å². The van der Waals surface area contributed by atoms with Crippen LogP contribution in [-0.2, 0) is 6.42 Å². The first-order chi connectivity index (χ1) is 8.70. The summed E-state index contributed by atoms with van der Waals surface area (Å²) < 4.78 is 1.42. The van der Waals surface area contributed by atoms with Gasteiger partial charge in [0.1, 0.15) is 0 Å². The highest BCUT2D eigenvalue weighted by atomic mass is 32.1. The van der Waals surface area contributed by atoms with Crippen LogP contribution in [0, 0.1) is 5.92 Å². The molecule has 1 heterocycles. The second kappa shape index (κ2) is 6.35. The van der Waals surface area contributed by atoms with Crippen molar-refractivity contribution in [3.8, 4) is 0 Å². The van der Waals surface area contributed by atoms with Crippen molar-refractivity contribution >= 4 is 21.4 Å². The molecular formula is C16H23NS. The molecule has 0 aliphatic carbocycles. The lowest BCUT2D eigenvalue weighted by molar-refractivity contribution is 0.437. The minimum atomic E-state index is 0.582. The van der Waals surface area contributed by atoms with E-state index in [9.17, 15) is 0 Å². The lowest BCUT2D eigenvalue weighted by atomic mass is 9.96. The van der Waals surface area contributed by atoms with Crippen LogP contribution in [0.25, 0.3) is 10.1 Å². The van der Waals surface area contributed by atoms with Crippen LogP contribution in [0.4, 0.5) is 0 Å². The van der Waals surface area contributed by atoms with Crippen LogP contribution in [0.15, 0.2) is 29.6 Å². The molecule has 1 aromatic heterocycles. The van der Waals surface area contributed by atoms with Gasteiger partial charge < -0.3 is 5.32 Å². The maximum atomic E-state index is 3.56. The summed E-state index contributed by atoms with van der Waals surface area (Å²) in [5.41, 5.74) is 1.52. The summed E-state index contributed by atoms with van der Waals surface area (Å²) in [7, 11) is 0. The van der Waals surface area contributed by atoms with Gasteiger partial charge in [-0.05, 0) is 41.3 Å². The number of fused-ring (bicyclic) bond motifs is 1. The largest absolute Gasteiger partial charge is 0.314 e. The second-order valence-electron chi connectivity index (χ2n) is 5.30. The summed E-state index contributed by atoms with van der Waals surface area (Å²) in [6.07, 6.45) is 2.43. The predicted molar refractivity (Wildman–Crippen MR) is 82.4 cm³/mol. The summed E-state index contributed by atoms with van der Waals surface area (Å²) in [5.74, 6) is 0.741. The molecule has 2 heteroatoms. The summed E-state index contributed by atoms with van der Waals surface area (Å²) >= 11 is 1.87. The van der Waals surface area contributed by atoms with E-state index in [1.54, 1.807) is 0 Å². The van der Waals surface area contributed by atoms with Gasteiger partial charge in [0.25, 0.3) is 0 Å². The van der Waals surface area contributed by atoms with Crippen LogP contribution in [0.3, 0.4) is 0 Å². The summed E-state index contributed by atoms with van der Waals surface area (Å²) in [6.45, 7) is 7.85. The number of hydrogen-bond acceptors (Lipinski definition) is 2. The van der Waals surface area contributed by atoms with Gasteiger partial charge in [0.2, 0.25) is 0 Å².